The lowest BCUT2D eigenvalue weighted by molar-refractivity contribution is -0.870. The molecule has 2 unspecified atom stereocenters. The molecule has 2 aliphatic rings. The molecule has 8 heteroatoms. The third-order valence-electron chi connectivity index (χ3n) is 12.2. The number of phosphoric acid groups is 1. The molecule has 2 rings (SSSR count). The Morgan fingerprint density at radius 1 is 0.500 bits per heavy atom. The van der Waals surface area contributed by atoms with Crippen molar-refractivity contribution in [3.05, 3.63) is 0 Å². The highest BCUT2D eigenvalue weighted by atomic mass is 31.2. The van der Waals surface area contributed by atoms with Gasteiger partial charge in [-0.15, -0.1) is 0 Å². The van der Waals surface area contributed by atoms with Gasteiger partial charge >= 0.3 is 0 Å². The quantitative estimate of drug-likeness (QED) is 0.0352. The molecule has 0 amide bonds. The van der Waals surface area contributed by atoms with E-state index in [1.807, 2.05) is 21.1 Å². The minimum Gasteiger partial charge on any atom is -0.756 e. The molecule has 0 aliphatic heterocycles. The van der Waals surface area contributed by atoms with E-state index in [-0.39, 0.29) is 13.2 Å². The lowest BCUT2D eigenvalue weighted by Crippen LogP contribution is -2.37. The van der Waals surface area contributed by atoms with Crippen molar-refractivity contribution in [2.24, 2.45) is 11.8 Å². The van der Waals surface area contributed by atoms with Crippen LogP contribution >= 0.6 is 7.82 Å². The molecule has 54 heavy (non-hydrogen) atoms. The minimum absolute atomic E-state index is 0.0632. The van der Waals surface area contributed by atoms with Gasteiger partial charge in [0.25, 0.3) is 7.82 Å². The molecule has 0 aromatic rings. The fourth-order valence-electron chi connectivity index (χ4n) is 8.55. The first kappa shape index (κ1) is 50.1. The fourth-order valence-corrected chi connectivity index (χ4v) is 9.28. The van der Waals surface area contributed by atoms with Crippen molar-refractivity contribution in [2.75, 3.05) is 60.7 Å². The SMILES string of the molecule is C[N+](C)(C)CCOP(=O)([O-])OCC(COCCCCCCCCCCCCCC1CCCCC1)OCCCCCCCCCCCCCC1CCCCC1. The maximum atomic E-state index is 12.4. The molecule has 2 atom stereocenters. The van der Waals surface area contributed by atoms with Crippen LogP contribution in [0.25, 0.3) is 0 Å². The third kappa shape index (κ3) is 32.0. The molecule has 2 fully saturated rings. The van der Waals surface area contributed by atoms with E-state index in [9.17, 15) is 9.46 Å². The van der Waals surface area contributed by atoms with Crippen molar-refractivity contribution < 1.29 is 32.5 Å². The second-order valence-corrected chi connectivity index (χ2v) is 19.9. The first-order valence-corrected chi connectivity index (χ1v) is 25.3. The molecule has 7 nitrogen and oxygen atoms in total. The van der Waals surface area contributed by atoms with Crippen molar-refractivity contribution in [1.82, 2.24) is 0 Å². The number of ether oxygens (including phenoxy) is 2. The van der Waals surface area contributed by atoms with Gasteiger partial charge < -0.3 is 27.9 Å². The molecule has 2 aliphatic carbocycles. The van der Waals surface area contributed by atoms with Crippen molar-refractivity contribution >= 4 is 7.82 Å². The lowest BCUT2D eigenvalue weighted by atomic mass is 9.85. The van der Waals surface area contributed by atoms with E-state index in [4.69, 9.17) is 18.5 Å². The molecular formula is C46H92NO6P. The molecule has 0 radical (unpaired) electrons. The molecule has 0 bridgehead atoms. The summed E-state index contributed by atoms with van der Waals surface area (Å²) in [4.78, 5) is 12.4. The van der Waals surface area contributed by atoms with E-state index in [0.717, 1.165) is 31.1 Å². The number of likely N-dealkylation sites (N-methyl/N-ethyl adjacent to an activating group) is 1. The van der Waals surface area contributed by atoms with Gasteiger partial charge in [0.1, 0.15) is 19.3 Å². The summed E-state index contributed by atoms with van der Waals surface area (Å²) in [6.07, 6.45) is 46.5. The van der Waals surface area contributed by atoms with Crippen LogP contribution in [0.15, 0.2) is 0 Å². The van der Waals surface area contributed by atoms with Gasteiger partial charge in [0.2, 0.25) is 0 Å². The third-order valence-corrected chi connectivity index (χ3v) is 13.2. The summed E-state index contributed by atoms with van der Waals surface area (Å²) in [6, 6.07) is 0. The summed E-state index contributed by atoms with van der Waals surface area (Å²) in [7, 11) is 1.62. The smallest absolute Gasteiger partial charge is 0.268 e. The maximum absolute atomic E-state index is 12.4. The zero-order valence-electron chi connectivity index (χ0n) is 36.4. The van der Waals surface area contributed by atoms with Crippen molar-refractivity contribution in [1.29, 1.82) is 0 Å². The predicted octanol–water partition coefficient (Wildman–Crippen LogP) is 13.1. The van der Waals surface area contributed by atoms with Crippen LogP contribution in [0.5, 0.6) is 0 Å². The van der Waals surface area contributed by atoms with Crippen LogP contribution < -0.4 is 4.89 Å². The first-order chi connectivity index (χ1) is 26.2. The summed E-state index contributed by atoms with van der Waals surface area (Å²) in [5.74, 6) is 2.09. The van der Waals surface area contributed by atoms with Gasteiger partial charge in [-0.2, -0.15) is 0 Å². The van der Waals surface area contributed by atoms with Gasteiger partial charge in [-0.05, 0) is 24.7 Å². The monoisotopic (exact) mass is 786 g/mol. The fraction of sp³-hybridized carbons (Fsp3) is 1.00. The van der Waals surface area contributed by atoms with Crippen LogP contribution in [0, 0.1) is 11.8 Å². The van der Waals surface area contributed by atoms with E-state index in [1.54, 1.807) is 0 Å². The Labute approximate surface area is 336 Å². The van der Waals surface area contributed by atoms with Gasteiger partial charge in [0.05, 0.1) is 34.4 Å². The number of quaternary nitrogens is 1. The number of nitrogens with zero attached hydrogens (tertiary/aromatic N) is 1. The van der Waals surface area contributed by atoms with Crippen LogP contribution in [0.4, 0.5) is 0 Å². The Morgan fingerprint density at radius 2 is 0.889 bits per heavy atom. The minimum atomic E-state index is -4.38. The Morgan fingerprint density at radius 3 is 1.31 bits per heavy atom. The van der Waals surface area contributed by atoms with Gasteiger partial charge in [-0.25, -0.2) is 0 Å². The van der Waals surface area contributed by atoms with Gasteiger partial charge in [-0.3, -0.25) is 4.57 Å². The standard InChI is InChI=1S/C46H92NO6P/c1-47(2,3)38-41-52-54(48,49)53-43-46(51-40-31-21-17-13-9-5-7-11-15-19-25-33-45-36-28-23-29-37-45)42-50-39-30-20-16-12-8-4-6-10-14-18-24-32-44-34-26-22-27-35-44/h44-46H,4-43H2,1-3H3. The second-order valence-electron chi connectivity index (χ2n) is 18.5. The first-order valence-electron chi connectivity index (χ1n) is 23.8. The molecule has 0 heterocycles. The highest BCUT2D eigenvalue weighted by Gasteiger charge is 2.18. The van der Waals surface area contributed by atoms with Crippen LogP contribution in [-0.2, 0) is 23.1 Å². The highest BCUT2D eigenvalue weighted by Crippen LogP contribution is 2.38. The van der Waals surface area contributed by atoms with E-state index >= 15 is 0 Å². The number of hydrogen-bond donors (Lipinski definition) is 0. The summed E-state index contributed by atoms with van der Waals surface area (Å²) in [6.45, 7) is 2.25. The average molecular weight is 786 g/mol. The zero-order chi connectivity index (χ0) is 38.8. The summed E-state index contributed by atoms with van der Waals surface area (Å²) in [5, 5.41) is 0. The summed E-state index contributed by atoms with van der Waals surface area (Å²) >= 11 is 0. The number of unbranched alkanes of at least 4 members (excludes halogenated alkanes) is 20. The van der Waals surface area contributed by atoms with E-state index in [0.29, 0.717) is 30.8 Å². The topological polar surface area (TPSA) is 77.1 Å². The van der Waals surface area contributed by atoms with E-state index in [1.165, 1.54) is 199 Å². The van der Waals surface area contributed by atoms with Gasteiger partial charge in [-0.1, -0.05) is 205 Å². The number of rotatable bonds is 38. The summed E-state index contributed by atoms with van der Waals surface area (Å²) < 4.78 is 35.5. The Hall–Kier alpha value is -0.0100. The van der Waals surface area contributed by atoms with Gasteiger partial charge in [0, 0.05) is 13.2 Å². The van der Waals surface area contributed by atoms with Crippen molar-refractivity contribution in [3.8, 4) is 0 Å². The predicted molar refractivity (Wildman–Crippen MR) is 227 cm³/mol. The Balaban J connectivity index is 1.46. The molecule has 0 spiro atoms. The Kier molecular flexibility index (Phi) is 31.5. The van der Waals surface area contributed by atoms with Crippen LogP contribution in [0.2, 0.25) is 0 Å². The van der Waals surface area contributed by atoms with Crippen molar-refractivity contribution in [2.45, 2.75) is 224 Å². The molecule has 0 N–H and O–H groups in total. The average Bonchev–Trinajstić information content (AvgIpc) is 3.15. The zero-order valence-corrected chi connectivity index (χ0v) is 37.3. The molecule has 0 aromatic heterocycles. The maximum Gasteiger partial charge on any atom is 0.268 e. The number of hydrogen-bond acceptors (Lipinski definition) is 6. The largest absolute Gasteiger partial charge is 0.756 e. The molecule has 0 saturated heterocycles. The number of phosphoric ester groups is 1. The van der Waals surface area contributed by atoms with Crippen LogP contribution in [0.1, 0.15) is 218 Å². The second kappa shape index (κ2) is 33.9. The molecule has 2 saturated carbocycles. The van der Waals surface area contributed by atoms with Crippen LogP contribution in [-0.4, -0.2) is 71.3 Å². The Bertz CT molecular complexity index is 857. The molecular weight excluding hydrogens is 693 g/mol. The van der Waals surface area contributed by atoms with Crippen molar-refractivity contribution in [3.63, 3.8) is 0 Å². The van der Waals surface area contributed by atoms with E-state index in [2.05, 4.69) is 0 Å². The molecule has 322 valence electrons. The van der Waals surface area contributed by atoms with Gasteiger partial charge in [0.15, 0.2) is 0 Å². The highest BCUT2D eigenvalue weighted by molar-refractivity contribution is 7.45. The molecule has 0 aromatic carbocycles. The lowest BCUT2D eigenvalue weighted by Gasteiger charge is -2.28. The normalized spacial score (nSPS) is 17.9. The van der Waals surface area contributed by atoms with Crippen LogP contribution in [0.3, 0.4) is 0 Å². The summed E-state index contributed by atoms with van der Waals surface area (Å²) in [5.41, 5.74) is 0. The van der Waals surface area contributed by atoms with E-state index < -0.39 is 13.9 Å².